The van der Waals surface area contributed by atoms with Crippen LogP contribution in [0.4, 0.5) is 0 Å². The minimum Gasteiger partial charge on any atom is -0.396 e. The number of aliphatic hydroxyl groups is 1. The molecule has 2 nitrogen and oxygen atoms in total. The molecule has 2 aromatic rings. The van der Waals surface area contributed by atoms with Crippen LogP contribution in [0.25, 0.3) is 10.9 Å². The molecule has 2 heteroatoms. The molecule has 1 atom stereocenters. The van der Waals surface area contributed by atoms with Crippen molar-refractivity contribution < 1.29 is 5.11 Å². The third-order valence-electron chi connectivity index (χ3n) is 3.49. The average Bonchev–Trinajstić information content (AvgIpc) is 2.56. The summed E-state index contributed by atoms with van der Waals surface area (Å²) in [4.78, 5) is 0. The van der Waals surface area contributed by atoms with E-state index in [4.69, 9.17) is 0 Å². The molecule has 1 aromatic heterocycles. The fourth-order valence-corrected chi connectivity index (χ4v) is 2.23. The van der Waals surface area contributed by atoms with Gasteiger partial charge >= 0.3 is 0 Å². The van der Waals surface area contributed by atoms with E-state index in [2.05, 4.69) is 49.7 Å². The maximum absolute atomic E-state index is 9.31. The molecule has 0 fully saturated rings. The highest BCUT2D eigenvalue weighted by molar-refractivity contribution is 5.82. The lowest BCUT2D eigenvalue weighted by Crippen LogP contribution is -2.02. The number of hydrogen-bond acceptors (Lipinski definition) is 1. The maximum Gasteiger partial charge on any atom is 0.0499 e. The Hall–Kier alpha value is -1.28. The van der Waals surface area contributed by atoms with Crippen LogP contribution in [0.3, 0.4) is 0 Å². The summed E-state index contributed by atoms with van der Waals surface area (Å²) in [5.41, 5.74) is 3.77. The van der Waals surface area contributed by atoms with Crippen molar-refractivity contribution in [2.24, 2.45) is 7.05 Å². The predicted octanol–water partition coefficient (Wildman–Crippen LogP) is 2.97. The molecule has 0 spiro atoms. The van der Waals surface area contributed by atoms with Crippen LogP contribution in [0, 0.1) is 6.92 Å². The smallest absolute Gasteiger partial charge is 0.0499 e. The predicted molar refractivity (Wildman–Crippen MR) is 67.8 cm³/mol. The van der Waals surface area contributed by atoms with Crippen LogP contribution >= 0.6 is 0 Å². The molecular formula is C14H19NO. The van der Waals surface area contributed by atoms with Gasteiger partial charge in [0.25, 0.3) is 0 Å². The van der Waals surface area contributed by atoms with E-state index < -0.39 is 0 Å². The molecule has 86 valence electrons. The second kappa shape index (κ2) is 4.30. The van der Waals surface area contributed by atoms with Gasteiger partial charge in [0, 0.05) is 36.2 Å². The van der Waals surface area contributed by atoms with Crippen LogP contribution in [0.1, 0.15) is 30.5 Å². The Bertz CT molecular complexity index is 495. The molecule has 0 saturated carbocycles. The average molecular weight is 217 g/mol. The van der Waals surface area contributed by atoms with Crippen molar-refractivity contribution in [2.75, 3.05) is 6.61 Å². The van der Waals surface area contributed by atoms with E-state index in [0.717, 1.165) is 6.42 Å². The number of nitrogens with zero attached hydrogens (tertiary/aromatic N) is 1. The van der Waals surface area contributed by atoms with Gasteiger partial charge in [-0.25, -0.2) is 0 Å². The summed E-state index contributed by atoms with van der Waals surface area (Å²) >= 11 is 0. The van der Waals surface area contributed by atoms with Crippen molar-refractivity contribution in [1.82, 2.24) is 4.57 Å². The van der Waals surface area contributed by atoms with Gasteiger partial charge in [-0.05, 0) is 37.1 Å². The minimum absolute atomic E-state index is 0.230. The molecule has 0 aliphatic heterocycles. The van der Waals surface area contributed by atoms with E-state index >= 15 is 0 Å². The largest absolute Gasteiger partial charge is 0.396 e. The van der Waals surface area contributed by atoms with E-state index in [1.807, 2.05) is 0 Å². The Morgan fingerprint density at radius 2 is 2.06 bits per heavy atom. The standard InChI is InChI=1S/C14H19NO/c1-4-11(9-16)12-5-6-14-13(8-12)7-10(2)15(14)3/h5-8,11,16H,4,9H2,1-3H3. The van der Waals surface area contributed by atoms with E-state index in [1.54, 1.807) is 0 Å². The van der Waals surface area contributed by atoms with Crippen molar-refractivity contribution >= 4 is 10.9 Å². The lowest BCUT2D eigenvalue weighted by molar-refractivity contribution is 0.262. The fourth-order valence-electron chi connectivity index (χ4n) is 2.23. The molecule has 0 aliphatic rings. The van der Waals surface area contributed by atoms with Gasteiger partial charge in [0.1, 0.15) is 0 Å². The zero-order valence-electron chi connectivity index (χ0n) is 10.2. The summed E-state index contributed by atoms with van der Waals surface area (Å²) in [6.45, 7) is 4.46. The van der Waals surface area contributed by atoms with Gasteiger partial charge in [-0.2, -0.15) is 0 Å². The first-order valence-electron chi connectivity index (χ1n) is 5.84. The number of aliphatic hydroxyl groups excluding tert-OH is 1. The van der Waals surface area contributed by atoms with Crippen LogP contribution < -0.4 is 0 Å². The third-order valence-corrected chi connectivity index (χ3v) is 3.49. The molecule has 0 amide bonds. The molecule has 1 aromatic carbocycles. The Kier molecular flexibility index (Phi) is 3.01. The summed E-state index contributed by atoms with van der Waals surface area (Å²) in [6, 6.07) is 8.68. The number of aromatic nitrogens is 1. The van der Waals surface area contributed by atoms with Crippen LogP contribution in [0.15, 0.2) is 24.3 Å². The maximum atomic E-state index is 9.31. The molecule has 16 heavy (non-hydrogen) atoms. The van der Waals surface area contributed by atoms with E-state index in [9.17, 15) is 5.11 Å². The van der Waals surface area contributed by atoms with Crippen LogP contribution in [-0.4, -0.2) is 16.3 Å². The van der Waals surface area contributed by atoms with Gasteiger partial charge < -0.3 is 9.67 Å². The van der Waals surface area contributed by atoms with Crippen molar-refractivity contribution in [1.29, 1.82) is 0 Å². The minimum atomic E-state index is 0.230. The zero-order valence-corrected chi connectivity index (χ0v) is 10.2. The molecule has 1 heterocycles. The highest BCUT2D eigenvalue weighted by Gasteiger charge is 2.10. The number of fused-ring (bicyclic) bond motifs is 1. The van der Waals surface area contributed by atoms with Gasteiger partial charge in [0.15, 0.2) is 0 Å². The topological polar surface area (TPSA) is 25.2 Å². The normalized spacial score (nSPS) is 13.2. The van der Waals surface area contributed by atoms with E-state index in [-0.39, 0.29) is 12.5 Å². The van der Waals surface area contributed by atoms with Gasteiger partial charge in [0.2, 0.25) is 0 Å². The Labute approximate surface area is 96.5 Å². The van der Waals surface area contributed by atoms with Crippen molar-refractivity contribution in [3.05, 3.63) is 35.5 Å². The third kappa shape index (κ3) is 1.74. The van der Waals surface area contributed by atoms with Crippen LogP contribution in [0.2, 0.25) is 0 Å². The first kappa shape index (κ1) is 11.2. The number of hydrogen-bond donors (Lipinski definition) is 1. The molecule has 0 aliphatic carbocycles. The molecule has 0 bridgehead atoms. The first-order valence-corrected chi connectivity index (χ1v) is 5.84. The summed E-state index contributed by atoms with van der Waals surface area (Å²) in [5.74, 6) is 0.268. The molecule has 0 saturated heterocycles. The lowest BCUT2D eigenvalue weighted by atomic mass is 9.96. The number of rotatable bonds is 3. The zero-order chi connectivity index (χ0) is 11.7. The Morgan fingerprint density at radius 1 is 1.31 bits per heavy atom. The molecule has 2 rings (SSSR count). The summed E-state index contributed by atoms with van der Waals surface area (Å²) in [6.07, 6.45) is 0.980. The van der Waals surface area contributed by atoms with E-state index in [1.165, 1.54) is 22.2 Å². The van der Waals surface area contributed by atoms with Crippen LogP contribution in [0.5, 0.6) is 0 Å². The monoisotopic (exact) mass is 217 g/mol. The summed E-state index contributed by atoms with van der Waals surface area (Å²) in [7, 11) is 2.08. The number of aryl methyl sites for hydroxylation is 2. The Morgan fingerprint density at radius 3 is 2.69 bits per heavy atom. The van der Waals surface area contributed by atoms with Gasteiger partial charge in [-0.15, -0.1) is 0 Å². The van der Waals surface area contributed by atoms with E-state index in [0.29, 0.717) is 0 Å². The van der Waals surface area contributed by atoms with Crippen molar-refractivity contribution in [3.8, 4) is 0 Å². The second-order valence-electron chi connectivity index (χ2n) is 4.45. The first-order chi connectivity index (χ1) is 7.67. The van der Waals surface area contributed by atoms with Gasteiger partial charge in [-0.3, -0.25) is 0 Å². The van der Waals surface area contributed by atoms with Crippen molar-refractivity contribution in [3.63, 3.8) is 0 Å². The molecule has 1 N–H and O–H groups in total. The van der Waals surface area contributed by atoms with Gasteiger partial charge in [0.05, 0.1) is 0 Å². The quantitative estimate of drug-likeness (QED) is 0.840. The molecular weight excluding hydrogens is 198 g/mol. The number of benzene rings is 1. The van der Waals surface area contributed by atoms with Crippen molar-refractivity contribution in [2.45, 2.75) is 26.2 Å². The summed E-state index contributed by atoms with van der Waals surface area (Å²) < 4.78 is 2.19. The van der Waals surface area contributed by atoms with Gasteiger partial charge in [-0.1, -0.05) is 13.0 Å². The fraction of sp³-hybridized carbons (Fsp3) is 0.429. The second-order valence-corrected chi connectivity index (χ2v) is 4.45. The van der Waals surface area contributed by atoms with Crippen LogP contribution in [-0.2, 0) is 7.05 Å². The molecule has 0 radical (unpaired) electrons. The molecule has 1 unspecified atom stereocenters. The lowest BCUT2D eigenvalue weighted by Gasteiger charge is -2.12. The summed E-state index contributed by atoms with van der Waals surface area (Å²) in [5, 5.41) is 10.6. The highest BCUT2D eigenvalue weighted by Crippen LogP contribution is 2.25. The Balaban J connectivity index is 2.52. The SMILES string of the molecule is CCC(CO)c1ccc2c(c1)cc(C)n2C. The highest BCUT2D eigenvalue weighted by atomic mass is 16.3.